The van der Waals surface area contributed by atoms with Gasteiger partial charge in [0.25, 0.3) is 0 Å². The maximum Gasteiger partial charge on any atom is 0.139 e. The summed E-state index contributed by atoms with van der Waals surface area (Å²) in [5.41, 5.74) is 0. The Morgan fingerprint density at radius 2 is 1.79 bits per heavy atom. The normalized spacial score (nSPS) is 28.7. The molecule has 0 spiro atoms. The largest absolute Gasteiger partial charge is 0.381 e. The van der Waals surface area contributed by atoms with Crippen LogP contribution in [-0.2, 0) is 19.0 Å². The lowest BCUT2D eigenvalue weighted by molar-refractivity contribution is -0.111. The molecule has 0 amide bonds. The zero-order valence-corrected chi connectivity index (χ0v) is 11.9. The number of epoxide rings is 1. The minimum atomic E-state index is 0.211. The van der Waals surface area contributed by atoms with E-state index >= 15 is 0 Å². The summed E-state index contributed by atoms with van der Waals surface area (Å²) < 4.78 is 16.5. The van der Waals surface area contributed by atoms with E-state index in [2.05, 4.69) is 6.92 Å². The minimum absolute atomic E-state index is 0.211. The molecular formula is C15H26O4. The Bertz CT molecular complexity index is 279. The van der Waals surface area contributed by atoms with Gasteiger partial charge in [0.05, 0.1) is 19.3 Å². The molecule has 4 heteroatoms. The van der Waals surface area contributed by atoms with E-state index in [1.165, 1.54) is 19.3 Å². The molecule has 1 heterocycles. The number of hydrogen-bond acceptors (Lipinski definition) is 4. The van der Waals surface area contributed by atoms with Gasteiger partial charge in [-0.15, -0.1) is 0 Å². The van der Waals surface area contributed by atoms with E-state index in [0.29, 0.717) is 24.6 Å². The average Bonchev–Trinajstić information content (AvgIpc) is 3.30. The van der Waals surface area contributed by atoms with E-state index in [0.717, 1.165) is 39.1 Å². The fraction of sp³-hybridized carbons (Fsp3) is 0.933. The molecule has 1 aliphatic heterocycles. The summed E-state index contributed by atoms with van der Waals surface area (Å²) in [5, 5.41) is 0. The molecule has 110 valence electrons. The molecule has 1 saturated carbocycles. The van der Waals surface area contributed by atoms with Crippen LogP contribution in [-0.4, -0.2) is 44.4 Å². The third-order valence-electron chi connectivity index (χ3n) is 3.70. The lowest BCUT2D eigenvalue weighted by atomic mass is 10.2. The predicted molar refractivity (Wildman–Crippen MR) is 72.2 cm³/mol. The van der Waals surface area contributed by atoms with Gasteiger partial charge in [0.1, 0.15) is 11.9 Å². The van der Waals surface area contributed by atoms with Crippen LogP contribution in [0, 0.1) is 5.92 Å². The number of carbonyl (C=O) groups excluding carboxylic acids is 1. The number of rotatable bonds is 12. The molecule has 3 atom stereocenters. The highest BCUT2D eigenvalue weighted by molar-refractivity contribution is 5.96. The van der Waals surface area contributed by atoms with Crippen molar-refractivity contribution in [3.8, 4) is 0 Å². The van der Waals surface area contributed by atoms with Crippen molar-refractivity contribution in [3.63, 3.8) is 0 Å². The summed E-state index contributed by atoms with van der Waals surface area (Å²) in [6.45, 7) is 5.09. The molecule has 0 aromatic heterocycles. The number of ether oxygens (including phenoxy) is 3. The van der Waals surface area contributed by atoms with Crippen molar-refractivity contribution in [3.05, 3.63) is 0 Å². The highest BCUT2D eigenvalue weighted by atomic mass is 16.6. The quantitative estimate of drug-likeness (QED) is 0.403. The first-order chi connectivity index (χ1) is 9.31. The summed E-state index contributed by atoms with van der Waals surface area (Å²) in [7, 11) is 0. The first-order valence-corrected chi connectivity index (χ1v) is 7.65. The summed E-state index contributed by atoms with van der Waals surface area (Å²) in [5.74, 6) is 0.564. The maximum atomic E-state index is 10.7. The predicted octanol–water partition coefficient (Wildman–Crippen LogP) is 2.35. The second-order valence-electron chi connectivity index (χ2n) is 5.58. The second kappa shape index (κ2) is 7.98. The Balaban J connectivity index is 1.29. The first kappa shape index (κ1) is 14.9. The van der Waals surface area contributed by atoms with Crippen molar-refractivity contribution in [1.29, 1.82) is 0 Å². The lowest BCUT2D eigenvalue weighted by Gasteiger charge is -2.03. The van der Waals surface area contributed by atoms with Gasteiger partial charge in [0.15, 0.2) is 0 Å². The molecule has 19 heavy (non-hydrogen) atoms. The summed E-state index contributed by atoms with van der Waals surface area (Å²) >= 11 is 0. The fourth-order valence-electron chi connectivity index (χ4n) is 2.15. The highest BCUT2D eigenvalue weighted by Crippen LogP contribution is 2.27. The molecule has 1 aliphatic carbocycles. The van der Waals surface area contributed by atoms with Crippen LogP contribution in [0.2, 0.25) is 0 Å². The van der Waals surface area contributed by atoms with Crippen LogP contribution >= 0.6 is 0 Å². The Labute approximate surface area is 115 Å². The van der Waals surface area contributed by atoms with E-state index in [4.69, 9.17) is 14.2 Å². The minimum Gasteiger partial charge on any atom is -0.381 e. The highest BCUT2D eigenvalue weighted by Gasteiger charge is 2.37. The van der Waals surface area contributed by atoms with Crippen molar-refractivity contribution in [2.75, 3.05) is 26.4 Å². The molecule has 0 bridgehead atoms. The first-order valence-electron chi connectivity index (χ1n) is 7.65. The zero-order valence-electron chi connectivity index (χ0n) is 11.9. The zero-order chi connectivity index (χ0) is 13.5. The second-order valence-corrected chi connectivity index (χ2v) is 5.58. The van der Waals surface area contributed by atoms with Gasteiger partial charge < -0.3 is 14.2 Å². The smallest absolute Gasteiger partial charge is 0.139 e. The van der Waals surface area contributed by atoms with Crippen molar-refractivity contribution >= 4 is 5.78 Å². The van der Waals surface area contributed by atoms with Gasteiger partial charge in [-0.25, -0.2) is 0 Å². The van der Waals surface area contributed by atoms with Gasteiger partial charge in [-0.3, -0.25) is 4.79 Å². The third kappa shape index (κ3) is 6.02. The van der Waals surface area contributed by atoms with E-state index < -0.39 is 0 Å². The molecule has 0 radical (unpaired) electrons. The molecule has 2 fully saturated rings. The van der Waals surface area contributed by atoms with E-state index in [1.54, 1.807) is 0 Å². The fourth-order valence-corrected chi connectivity index (χ4v) is 2.15. The molecule has 2 rings (SSSR count). The monoisotopic (exact) mass is 270 g/mol. The van der Waals surface area contributed by atoms with Gasteiger partial charge in [-0.05, 0) is 19.3 Å². The van der Waals surface area contributed by atoms with Crippen LogP contribution in [0.15, 0.2) is 0 Å². The molecule has 2 aliphatic rings. The molecule has 0 aromatic rings. The number of Topliss-reactive ketones (excluding diaryl/α,β-unsaturated/α-hetero) is 1. The van der Waals surface area contributed by atoms with Crippen molar-refractivity contribution in [2.24, 2.45) is 5.92 Å². The van der Waals surface area contributed by atoms with Crippen molar-refractivity contribution < 1.29 is 19.0 Å². The van der Waals surface area contributed by atoms with Crippen molar-refractivity contribution in [1.82, 2.24) is 0 Å². The molecular weight excluding hydrogens is 244 g/mol. The van der Waals surface area contributed by atoms with Gasteiger partial charge >= 0.3 is 0 Å². The molecule has 1 saturated heterocycles. The third-order valence-corrected chi connectivity index (χ3v) is 3.70. The standard InChI is InChI=1S/C15H26O4/c1-2-3-6-14-15(19-14)11-18-8-5-4-7-17-10-12-9-13(12)16/h12,14-15H,2-11H2,1H3. The molecule has 0 N–H and O–H groups in total. The summed E-state index contributed by atoms with van der Waals surface area (Å²) in [4.78, 5) is 10.7. The number of ketones is 1. The summed E-state index contributed by atoms with van der Waals surface area (Å²) in [6, 6.07) is 0. The molecule has 0 aromatic carbocycles. The van der Waals surface area contributed by atoms with E-state index in [9.17, 15) is 4.79 Å². The SMILES string of the molecule is CCCCC1OC1COCCCCOCC1CC1=O. The van der Waals surface area contributed by atoms with Gasteiger partial charge in [0.2, 0.25) is 0 Å². The number of unbranched alkanes of at least 4 members (excludes halogenated alkanes) is 2. The Hall–Kier alpha value is -0.450. The lowest BCUT2D eigenvalue weighted by Crippen LogP contribution is -2.07. The van der Waals surface area contributed by atoms with Gasteiger partial charge in [-0.2, -0.15) is 0 Å². The van der Waals surface area contributed by atoms with E-state index in [1.807, 2.05) is 0 Å². The van der Waals surface area contributed by atoms with Crippen LogP contribution < -0.4 is 0 Å². The van der Waals surface area contributed by atoms with Crippen LogP contribution in [0.3, 0.4) is 0 Å². The van der Waals surface area contributed by atoms with Crippen molar-refractivity contribution in [2.45, 2.75) is 57.7 Å². The van der Waals surface area contributed by atoms with E-state index in [-0.39, 0.29) is 5.92 Å². The molecule has 4 nitrogen and oxygen atoms in total. The Kier molecular flexibility index (Phi) is 6.28. The topological polar surface area (TPSA) is 48.1 Å². The van der Waals surface area contributed by atoms with Crippen LogP contribution in [0.25, 0.3) is 0 Å². The number of carbonyl (C=O) groups is 1. The molecule has 3 unspecified atom stereocenters. The Morgan fingerprint density at radius 1 is 1.11 bits per heavy atom. The van der Waals surface area contributed by atoms with Gasteiger partial charge in [0, 0.05) is 25.6 Å². The summed E-state index contributed by atoms with van der Waals surface area (Å²) in [6.07, 6.45) is 7.23. The average molecular weight is 270 g/mol. The van der Waals surface area contributed by atoms with Crippen LogP contribution in [0.1, 0.15) is 45.4 Å². The van der Waals surface area contributed by atoms with Gasteiger partial charge in [-0.1, -0.05) is 19.8 Å². The van der Waals surface area contributed by atoms with Crippen LogP contribution in [0.4, 0.5) is 0 Å². The van der Waals surface area contributed by atoms with Crippen LogP contribution in [0.5, 0.6) is 0 Å². The maximum absolute atomic E-state index is 10.7. The number of hydrogen-bond donors (Lipinski definition) is 0. The Morgan fingerprint density at radius 3 is 2.42 bits per heavy atom.